The fourth-order valence-electron chi connectivity index (χ4n) is 2.43. The van der Waals surface area contributed by atoms with Gasteiger partial charge in [0.1, 0.15) is 0 Å². The number of carboxylic acids is 1. The third-order valence-electron chi connectivity index (χ3n) is 3.44. The third-order valence-corrected chi connectivity index (χ3v) is 3.44. The standard InChI is InChI=1S/C11H19NO2/c1-8(7-11(13)14)12(10-5-6-10)9-3-2-4-9/h8-10H,2-7H2,1H3,(H,13,14). The highest BCUT2D eigenvalue weighted by Crippen LogP contribution is 2.37. The van der Waals surface area contributed by atoms with Gasteiger partial charge in [0.2, 0.25) is 0 Å². The van der Waals surface area contributed by atoms with Crippen LogP contribution in [0.2, 0.25) is 0 Å². The minimum Gasteiger partial charge on any atom is -0.481 e. The summed E-state index contributed by atoms with van der Waals surface area (Å²) in [5, 5.41) is 8.78. The Bertz CT molecular complexity index is 221. The zero-order valence-corrected chi connectivity index (χ0v) is 8.78. The van der Waals surface area contributed by atoms with Gasteiger partial charge in [-0.05, 0) is 32.6 Å². The highest BCUT2D eigenvalue weighted by Gasteiger charge is 2.39. The van der Waals surface area contributed by atoms with Crippen LogP contribution >= 0.6 is 0 Å². The van der Waals surface area contributed by atoms with Crippen LogP contribution in [0.3, 0.4) is 0 Å². The number of rotatable bonds is 5. The van der Waals surface area contributed by atoms with Crippen LogP contribution in [-0.2, 0) is 4.79 Å². The SMILES string of the molecule is CC(CC(=O)O)N(C1CCC1)C1CC1. The molecule has 0 spiro atoms. The molecular formula is C11H19NO2. The number of hydrogen-bond acceptors (Lipinski definition) is 2. The molecule has 2 fully saturated rings. The number of carbonyl (C=O) groups is 1. The Morgan fingerprint density at radius 2 is 1.93 bits per heavy atom. The Morgan fingerprint density at radius 3 is 2.29 bits per heavy atom. The van der Waals surface area contributed by atoms with Crippen molar-refractivity contribution in [3.63, 3.8) is 0 Å². The summed E-state index contributed by atoms with van der Waals surface area (Å²) in [4.78, 5) is 13.1. The molecule has 2 aliphatic rings. The van der Waals surface area contributed by atoms with E-state index in [1.54, 1.807) is 0 Å². The van der Waals surface area contributed by atoms with E-state index in [0.29, 0.717) is 18.5 Å². The van der Waals surface area contributed by atoms with Crippen molar-refractivity contribution in [3.05, 3.63) is 0 Å². The molecular weight excluding hydrogens is 178 g/mol. The topological polar surface area (TPSA) is 40.5 Å². The predicted molar refractivity (Wildman–Crippen MR) is 54.2 cm³/mol. The first kappa shape index (κ1) is 9.97. The van der Waals surface area contributed by atoms with E-state index in [4.69, 9.17) is 5.11 Å². The molecule has 2 saturated carbocycles. The van der Waals surface area contributed by atoms with Crippen LogP contribution in [-0.4, -0.2) is 34.1 Å². The second-order valence-corrected chi connectivity index (χ2v) is 4.71. The Kier molecular flexibility index (Phi) is 2.77. The van der Waals surface area contributed by atoms with Gasteiger partial charge in [-0.3, -0.25) is 9.69 Å². The van der Waals surface area contributed by atoms with E-state index in [0.717, 1.165) is 0 Å². The summed E-state index contributed by atoms with van der Waals surface area (Å²) in [7, 11) is 0. The van der Waals surface area contributed by atoms with Crippen LogP contribution in [0, 0.1) is 0 Å². The molecule has 1 atom stereocenters. The summed E-state index contributed by atoms with van der Waals surface area (Å²) >= 11 is 0. The van der Waals surface area contributed by atoms with E-state index in [-0.39, 0.29) is 6.04 Å². The van der Waals surface area contributed by atoms with E-state index in [1.165, 1.54) is 32.1 Å². The first-order valence-corrected chi connectivity index (χ1v) is 5.67. The van der Waals surface area contributed by atoms with E-state index in [1.807, 2.05) is 0 Å². The lowest BCUT2D eigenvalue weighted by atomic mass is 9.90. The van der Waals surface area contributed by atoms with Crippen LogP contribution < -0.4 is 0 Å². The molecule has 3 nitrogen and oxygen atoms in total. The summed E-state index contributed by atoms with van der Waals surface area (Å²) in [5.74, 6) is -0.664. The minimum absolute atomic E-state index is 0.227. The van der Waals surface area contributed by atoms with Crippen LogP contribution in [0.15, 0.2) is 0 Å². The van der Waals surface area contributed by atoms with Crippen molar-refractivity contribution in [3.8, 4) is 0 Å². The molecule has 80 valence electrons. The zero-order valence-electron chi connectivity index (χ0n) is 8.78. The molecule has 3 heteroatoms. The lowest BCUT2D eigenvalue weighted by Crippen LogP contribution is -2.47. The minimum atomic E-state index is -0.664. The molecule has 14 heavy (non-hydrogen) atoms. The predicted octanol–water partition coefficient (Wildman–Crippen LogP) is 1.87. The fourth-order valence-corrected chi connectivity index (χ4v) is 2.43. The van der Waals surface area contributed by atoms with Crippen molar-refractivity contribution < 1.29 is 9.90 Å². The van der Waals surface area contributed by atoms with E-state index in [2.05, 4.69) is 11.8 Å². The highest BCUT2D eigenvalue weighted by atomic mass is 16.4. The number of nitrogens with zero attached hydrogens (tertiary/aromatic N) is 1. The second kappa shape index (κ2) is 3.89. The molecule has 0 saturated heterocycles. The number of hydrogen-bond donors (Lipinski definition) is 1. The van der Waals surface area contributed by atoms with Crippen LogP contribution in [0.5, 0.6) is 0 Å². The molecule has 0 heterocycles. The maximum Gasteiger partial charge on any atom is 0.304 e. The van der Waals surface area contributed by atoms with Crippen LogP contribution in [0.4, 0.5) is 0 Å². The zero-order chi connectivity index (χ0) is 10.1. The quantitative estimate of drug-likeness (QED) is 0.731. The Morgan fingerprint density at radius 1 is 1.36 bits per heavy atom. The van der Waals surface area contributed by atoms with Gasteiger partial charge in [0, 0.05) is 18.1 Å². The largest absolute Gasteiger partial charge is 0.481 e. The smallest absolute Gasteiger partial charge is 0.304 e. The highest BCUT2D eigenvalue weighted by molar-refractivity contribution is 5.67. The molecule has 1 unspecified atom stereocenters. The van der Waals surface area contributed by atoms with Gasteiger partial charge in [0.05, 0.1) is 6.42 Å². The molecule has 0 aromatic rings. The first-order chi connectivity index (χ1) is 6.68. The second-order valence-electron chi connectivity index (χ2n) is 4.71. The first-order valence-electron chi connectivity index (χ1n) is 5.67. The van der Waals surface area contributed by atoms with Gasteiger partial charge >= 0.3 is 5.97 Å². The summed E-state index contributed by atoms with van der Waals surface area (Å²) in [5.41, 5.74) is 0. The molecule has 0 amide bonds. The maximum absolute atomic E-state index is 10.7. The van der Waals surface area contributed by atoms with Gasteiger partial charge in [-0.15, -0.1) is 0 Å². The lowest BCUT2D eigenvalue weighted by molar-refractivity contribution is -0.138. The molecule has 0 radical (unpaired) electrons. The van der Waals surface area contributed by atoms with Crippen molar-refractivity contribution in [1.29, 1.82) is 0 Å². The van der Waals surface area contributed by atoms with Gasteiger partial charge in [0.15, 0.2) is 0 Å². The third kappa shape index (κ3) is 2.08. The summed E-state index contributed by atoms with van der Waals surface area (Å²) in [6.07, 6.45) is 6.74. The fraction of sp³-hybridized carbons (Fsp3) is 0.909. The Labute approximate surface area is 85.1 Å². The van der Waals surface area contributed by atoms with Crippen molar-refractivity contribution in [2.45, 2.75) is 63.6 Å². The summed E-state index contributed by atoms with van der Waals surface area (Å²) in [6, 6.07) is 1.62. The molecule has 2 rings (SSSR count). The van der Waals surface area contributed by atoms with Crippen molar-refractivity contribution >= 4 is 5.97 Å². The lowest BCUT2D eigenvalue weighted by Gasteiger charge is -2.41. The normalized spacial score (nSPS) is 24.7. The van der Waals surface area contributed by atoms with Crippen molar-refractivity contribution in [2.75, 3.05) is 0 Å². The monoisotopic (exact) mass is 197 g/mol. The summed E-state index contributed by atoms with van der Waals surface area (Å²) < 4.78 is 0. The van der Waals surface area contributed by atoms with Gasteiger partial charge < -0.3 is 5.11 Å². The van der Waals surface area contributed by atoms with E-state index in [9.17, 15) is 4.79 Å². The van der Waals surface area contributed by atoms with Gasteiger partial charge in [0.25, 0.3) is 0 Å². The van der Waals surface area contributed by atoms with Crippen molar-refractivity contribution in [1.82, 2.24) is 4.90 Å². The Hall–Kier alpha value is -0.570. The van der Waals surface area contributed by atoms with Crippen LogP contribution in [0.1, 0.15) is 45.4 Å². The average Bonchev–Trinajstić information content (AvgIpc) is 2.76. The number of aliphatic carboxylic acids is 1. The van der Waals surface area contributed by atoms with Gasteiger partial charge in [-0.25, -0.2) is 0 Å². The molecule has 0 aliphatic heterocycles. The maximum atomic E-state index is 10.7. The average molecular weight is 197 g/mol. The Balaban J connectivity index is 1.91. The van der Waals surface area contributed by atoms with Crippen molar-refractivity contribution in [2.24, 2.45) is 0 Å². The number of carboxylic acid groups (broad SMARTS) is 1. The molecule has 0 bridgehead atoms. The van der Waals surface area contributed by atoms with E-state index < -0.39 is 5.97 Å². The van der Waals surface area contributed by atoms with Crippen LogP contribution in [0.25, 0.3) is 0 Å². The summed E-state index contributed by atoms with van der Waals surface area (Å²) in [6.45, 7) is 2.06. The molecule has 0 aromatic heterocycles. The van der Waals surface area contributed by atoms with Gasteiger partial charge in [-0.1, -0.05) is 6.42 Å². The van der Waals surface area contributed by atoms with Gasteiger partial charge in [-0.2, -0.15) is 0 Å². The molecule has 2 aliphatic carbocycles. The molecule has 0 aromatic carbocycles. The molecule has 1 N–H and O–H groups in total. The van der Waals surface area contributed by atoms with E-state index >= 15 is 0 Å².